The zero-order valence-corrected chi connectivity index (χ0v) is 17.8. The first-order chi connectivity index (χ1) is 14.5. The number of hydrogen-bond acceptors (Lipinski definition) is 4. The molecule has 1 aliphatic heterocycles. The first-order valence-corrected chi connectivity index (χ1v) is 10.4. The molecule has 150 valence electrons. The van der Waals surface area contributed by atoms with Crippen molar-refractivity contribution in [3.8, 4) is 0 Å². The fourth-order valence-electron chi connectivity index (χ4n) is 4.10. The van der Waals surface area contributed by atoms with E-state index in [4.69, 9.17) is 4.42 Å². The summed E-state index contributed by atoms with van der Waals surface area (Å²) in [6.45, 7) is 2.39. The number of aryl methyl sites for hydroxylation is 1. The maximum atomic E-state index is 13.3. The van der Waals surface area contributed by atoms with Gasteiger partial charge >= 0.3 is 5.76 Å². The van der Waals surface area contributed by atoms with E-state index < -0.39 is 5.76 Å². The number of nitrogens with zero attached hydrogens (tertiary/aromatic N) is 2. The zero-order chi connectivity index (χ0) is 20.8. The van der Waals surface area contributed by atoms with Gasteiger partial charge in [-0.15, -0.1) is 0 Å². The van der Waals surface area contributed by atoms with Gasteiger partial charge in [-0.1, -0.05) is 18.2 Å². The van der Waals surface area contributed by atoms with Crippen LogP contribution in [-0.2, 0) is 13.0 Å². The fraction of sp³-hybridized carbons (Fsp3) is 0.174. The second kappa shape index (κ2) is 7.25. The zero-order valence-electron chi connectivity index (χ0n) is 16.2. The number of carbonyl (C=O) groups excluding carboxylic acids is 1. The number of aromatic nitrogens is 2. The van der Waals surface area contributed by atoms with E-state index in [-0.39, 0.29) is 11.9 Å². The van der Waals surface area contributed by atoms with Gasteiger partial charge in [0.05, 0.1) is 17.3 Å². The van der Waals surface area contributed by atoms with Gasteiger partial charge in [0.25, 0.3) is 5.91 Å². The predicted molar refractivity (Wildman–Crippen MR) is 116 cm³/mol. The van der Waals surface area contributed by atoms with Crippen LogP contribution >= 0.6 is 15.9 Å². The molecule has 7 heteroatoms. The number of rotatable bonds is 4. The van der Waals surface area contributed by atoms with Crippen LogP contribution in [0.15, 0.2) is 68.4 Å². The first kappa shape index (κ1) is 18.8. The minimum absolute atomic E-state index is 0.00216. The Balaban J connectivity index is 1.55. The van der Waals surface area contributed by atoms with Gasteiger partial charge in [-0.2, -0.15) is 0 Å². The van der Waals surface area contributed by atoms with Crippen LogP contribution in [0.2, 0.25) is 0 Å². The number of H-pyrrole nitrogens is 1. The average Bonchev–Trinajstić information content (AvgIpc) is 3.21. The lowest BCUT2D eigenvalue weighted by molar-refractivity contribution is 0.0708. The summed E-state index contributed by atoms with van der Waals surface area (Å²) < 4.78 is 6.15. The van der Waals surface area contributed by atoms with Gasteiger partial charge in [0, 0.05) is 29.2 Å². The molecule has 0 spiro atoms. The maximum absolute atomic E-state index is 13.3. The number of carbonyl (C=O) groups is 1. The van der Waals surface area contributed by atoms with Gasteiger partial charge in [-0.25, -0.2) is 4.79 Å². The van der Waals surface area contributed by atoms with Crippen LogP contribution < -0.4 is 5.76 Å². The Morgan fingerprint density at radius 1 is 1.17 bits per heavy atom. The lowest BCUT2D eigenvalue weighted by atomic mass is 10.00. The summed E-state index contributed by atoms with van der Waals surface area (Å²) in [6, 6.07) is 15.2. The molecule has 2 aromatic carbocycles. The summed E-state index contributed by atoms with van der Waals surface area (Å²) in [4.78, 5) is 33.9. The van der Waals surface area contributed by atoms with Crippen LogP contribution in [0.1, 0.15) is 38.8 Å². The van der Waals surface area contributed by atoms with Gasteiger partial charge in [0.15, 0.2) is 5.58 Å². The minimum Gasteiger partial charge on any atom is -0.408 e. The summed E-state index contributed by atoms with van der Waals surface area (Å²) in [5, 5.41) is 0. The summed E-state index contributed by atoms with van der Waals surface area (Å²) >= 11 is 3.58. The van der Waals surface area contributed by atoms with Crippen LogP contribution in [0.5, 0.6) is 0 Å². The molecule has 0 saturated heterocycles. The Hall–Kier alpha value is -3.19. The molecule has 1 atom stereocenters. The Bertz CT molecular complexity index is 1340. The van der Waals surface area contributed by atoms with Crippen LogP contribution in [0.25, 0.3) is 11.1 Å². The van der Waals surface area contributed by atoms with E-state index in [1.54, 1.807) is 6.20 Å². The van der Waals surface area contributed by atoms with Crippen LogP contribution in [-0.4, -0.2) is 20.8 Å². The standard InChI is InChI=1S/C23H18BrN3O3/c1-13-9-19-21(30-23(29)26-19)10-14(13)12-27-20(11-18-17(24)7-4-8-25-18)15-5-2-3-6-16(15)22(27)28/h2-10,20H,11-12H2,1H3,(H,26,29). The SMILES string of the molecule is Cc1cc2[nH]c(=O)oc2cc1CN1C(=O)c2ccccc2C1Cc1ncccc1Br. The quantitative estimate of drug-likeness (QED) is 0.482. The lowest BCUT2D eigenvalue weighted by Gasteiger charge is -2.26. The Labute approximate surface area is 180 Å². The number of fused-ring (bicyclic) bond motifs is 2. The molecule has 5 rings (SSSR count). The molecule has 0 radical (unpaired) electrons. The Morgan fingerprint density at radius 2 is 2.00 bits per heavy atom. The highest BCUT2D eigenvalue weighted by molar-refractivity contribution is 9.10. The van der Waals surface area contributed by atoms with E-state index >= 15 is 0 Å². The molecule has 0 saturated carbocycles. The summed E-state index contributed by atoms with van der Waals surface area (Å²) in [6.07, 6.45) is 2.36. The number of hydrogen-bond donors (Lipinski definition) is 1. The minimum atomic E-state index is -0.482. The molecule has 3 heterocycles. The molecule has 1 aliphatic rings. The number of aromatic amines is 1. The molecule has 2 aromatic heterocycles. The number of benzene rings is 2. The molecule has 30 heavy (non-hydrogen) atoms. The highest BCUT2D eigenvalue weighted by Crippen LogP contribution is 2.38. The van der Waals surface area contributed by atoms with E-state index in [1.165, 1.54) is 0 Å². The molecule has 4 aromatic rings. The smallest absolute Gasteiger partial charge is 0.408 e. The van der Waals surface area contributed by atoms with Crippen molar-refractivity contribution in [3.05, 3.63) is 97.7 Å². The van der Waals surface area contributed by atoms with Crippen molar-refractivity contribution >= 4 is 32.9 Å². The van der Waals surface area contributed by atoms with Gasteiger partial charge < -0.3 is 9.32 Å². The van der Waals surface area contributed by atoms with Gasteiger partial charge in [-0.05, 0) is 69.9 Å². The number of amides is 1. The normalized spacial score (nSPS) is 15.7. The number of pyridine rings is 1. The highest BCUT2D eigenvalue weighted by atomic mass is 79.9. The Kier molecular flexibility index (Phi) is 4.55. The predicted octanol–water partition coefficient (Wildman–Crippen LogP) is 4.53. The molecule has 0 aliphatic carbocycles. The first-order valence-electron chi connectivity index (χ1n) is 9.63. The van der Waals surface area contributed by atoms with Crippen molar-refractivity contribution in [3.63, 3.8) is 0 Å². The third kappa shape index (κ3) is 3.15. The maximum Gasteiger partial charge on any atom is 0.417 e. The summed E-state index contributed by atoms with van der Waals surface area (Å²) in [7, 11) is 0. The summed E-state index contributed by atoms with van der Waals surface area (Å²) in [5.74, 6) is -0.484. The van der Waals surface area contributed by atoms with E-state index in [9.17, 15) is 9.59 Å². The second-order valence-corrected chi connectivity index (χ2v) is 8.32. The molecule has 1 unspecified atom stereocenters. The molecule has 0 fully saturated rings. The van der Waals surface area contributed by atoms with Crippen molar-refractivity contribution < 1.29 is 9.21 Å². The number of halogens is 1. The Morgan fingerprint density at radius 3 is 2.83 bits per heavy atom. The monoisotopic (exact) mass is 463 g/mol. The molecule has 1 N–H and O–H groups in total. The van der Waals surface area contributed by atoms with E-state index in [1.807, 2.05) is 60.4 Å². The second-order valence-electron chi connectivity index (χ2n) is 7.46. The molecule has 1 amide bonds. The van der Waals surface area contributed by atoms with Crippen LogP contribution in [0, 0.1) is 6.92 Å². The van der Waals surface area contributed by atoms with Gasteiger partial charge in [0.2, 0.25) is 0 Å². The van der Waals surface area contributed by atoms with E-state index in [2.05, 4.69) is 25.9 Å². The van der Waals surface area contributed by atoms with E-state index in [0.29, 0.717) is 24.1 Å². The van der Waals surface area contributed by atoms with Gasteiger partial charge in [0.1, 0.15) is 0 Å². The van der Waals surface area contributed by atoms with E-state index in [0.717, 1.165) is 32.4 Å². The molecule has 6 nitrogen and oxygen atoms in total. The average molecular weight is 464 g/mol. The van der Waals surface area contributed by atoms with Crippen molar-refractivity contribution in [1.29, 1.82) is 0 Å². The van der Waals surface area contributed by atoms with Crippen molar-refractivity contribution in [2.45, 2.75) is 25.9 Å². The third-order valence-corrected chi connectivity index (χ3v) is 6.35. The summed E-state index contributed by atoms with van der Waals surface area (Å²) in [5.41, 5.74) is 5.71. The highest BCUT2D eigenvalue weighted by Gasteiger charge is 2.37. The molecular formula is C23H18BrN3O3. The molecule has 0 bridgehead atoms. The van der Waals surface area contributed by atoms with Crippen LogP contribution in [0.4, 0.5) is 0 Å². The van der Waals surface area contributed by atoms with Crippen molar-refractivity contribution in [2.24, 2.45) is 0 Å². The third-order valence-electron chi connectivity index (χ3n) is 5.63. The van der Waals surface area contributed by atoms with Crippen molar-refractivity contribution in [1.82, 2.24) is 14.9 Å². The topological polar surface area (TPSA) is 79.2 Å². The largest absolute Gasteiger partial charge is 0.417 e. The van der Waals surface area contributed by atoms with Crippen LogP contribution in [0.3, 0.4) is 0 Å². The fourth-order valence-corrected chi connectivity index (χ4v) is 4.52. The van der Waals surface area contributed by atoms with Gasteiger partial charge in [-0.3, -0.25) is 14.8 Å². The number of oxazole rings is 1. The lowest BCUT2D eigenvalue weighted by Crippen LogP contribution is -2.29. The van der Waals surface area contributed by atoms with Crippen molar-refractivity contribution in [2.75, 3.05) is 0 Å². The molecular weight excluding hydrogens is 446 g/mol. The number of nitrogens with one attached hydrogen (secondary N) is 1.